The standard InChI is InChI=1S/C16H21N3O/c20-12-16(7-1-2-8-16)18-11-14-3-5-15(6-4-14)19-10-9-17-13-19/h3-6,9-10,13,18,20H,1-2,7-8,11-12H2. The van der Waals surface area contributed by atoms with E-state index in [1.165, 1.54) is 18.4 Å². The molecule has 20 heavy (non-hydrogen) atoms. The summed E-state index contributed by atoms with van der Waals surface area (Å²) in [6, 6.07) is 8.45. The molecule has 1 aliphatic rings. The van der Waals surface area contributed by atoms with Crippen molar-refractivity contribution in [3.05, 3.63) is 48.5 Å². The summed E-state index contributed by atoms with van der Waals surface area (Å²) in [5.41, 5.74) is 2.31. The quantitative estimate of drug-likeness (QED) is 0.877. The smallest absolute Gasteiger partial charge is 0.0991 e. The van der Waals surface area contributed by atoms with Gasteiger partial charge in [0.05, 0.1) is 12.9 Å². The first-order valence-corrected chi connectivity index (χ1v) is 7.25. The number of rotatable bonds is 5. The van der Waals surface area contributed by atoms with Crippen molar-refractivity contribution in [3.63, 3.8) is 0 Å². The van der Waals surface area contributed by atoms with Crippen LogP contribution in [0, 0.1) is 0 Å². The van der Waals surface area contributed by atoms with Crippen LogP contribution in [0.25, 0.3) is 5.69 Å². The number of hydrogen-bond donors (Lipinski definition) is 2. The molecular formula is C16H21N3O. The lowest BCUT2D eigenvalue weighted by molar-refractivity contribution is 0.163. The molecule has 1 aromatic heterocycles. The number of benzene rings is 1. The van der Waals surface area contributed by atoms with Crippen LogP contribution in [0.5, 0.6) is 0 Å². The second-order valence-corrected chi connectivity index (χ2v) is 5.64. The van der Waals surface area contributed by atoms with Gasteiger partial charge in [-0.2, -0.15) is 0 Å². The highest BCUT2D eigenvalue weighted by molar-refractivity contribution is 5.34. The highest BCUT2D eigenvalue weighted by Gasteiger charge is 2.32. The van der Waals surface area contributed by atoms with E-state index in [-0.39, 0.29) is 12.1 Å². The predicted molar refractivity (Wildman–Crippen MR) is 78.7 cm³/mol. The number of aliphatic hydroxyl groups is 1. The summed E-state index contributed by atoms with van der Waals surface area (Å²) < 4.78 is 1.99. The van der Waals surface area contributed by atoms with Crippen LogP contribution in [0.3, 0.4) is 0 Å². The lowest BCUT2D eigenvalue weighted by Crippen LogP contribution is -2.45. The lowest BCUT2D eigenvalue weighted by Gasteiger charge is -2.28. The van der Waals surface area contributed by atoms with Crippen molar-refractivity contribution in [2.45, 2.75) is 37.8 Å². The third-order valence-corrected chi connectivity index (χ3v) is 4.27. The van der Waals surface area contributed by atoms with Crippen molar-refractivity contribution in [1.29, 1.82) is 0 Å². The van der Waals surface area contributed by atoms with E-state index in [9.17, 15) is 5.11 Å². The van der Waals surface area contributed by atoms with Gasteiger partial charge in [-0.3, -0.25) is 0 Å². The van der Waals surface area contributed by atoms with Gasteiger partial charge in [0.2, 0.25) is 0 Å². The highest BCUT2D eigenvalue weighted by atomic mass is 16.3. The number of aromatic nitrogens is 2. The Morgan fingerprint density at radius 3 is 2.55 bits per heavy atom. The van der Waals surface area contributed by atoms with E-state index >= 15 is 0 Å². The maximum Gasteiger partial charge on any atom is 0.0991 e. The molecule has 0 radical (unpaired) electrons. The van der Waals surface area contributed by atoms with E-state index in [4.69, 9.17) is 0 Å². The highest BCUT2D eigenvalue weighted by Crippen LogP contribution is 2.29. The minimum atomic E-state index is -0.0526. The number of aliphatic hydroxyl groups excluding tert-OH is 1. The summed E-state index contributed by atoms with van der Waals surface area (Å²) in [4.78, 5) is 4.05. The first-order valence-electron chi connectivity index (χ1n) is 7.25. The van der Waals surface area contributed by atoms with E-state index in [1.807, 2.05) is 10.8 Å². The van der Waals surface area contributed by atoms with Crippen molar-refractivity contribution >= 4 is 0 Å². The second-order valence-electron chi connectivity index (χ2n) is 5.64. The molecule has 3 rings (SSSR count). The molecule has 0 saturated heterocycles. The van der Waals surface area contributed by atoms with Crippen LogP contribution in [-0.4, -0.2) is 26.8 Å². The molecule has 0 aliphatic heterocycles. The van der Waals surface area contributed by atoms with Crippen molar-refractivity contribution in [2.24, 2.45) is 0 Å². The topological polar surface area (TPSA) is 50.1 Å². The zero-order valence-electron chi connectivity index (χ0n) is 11.6. The molecule has 2 aromatic rings. The molecule has 0 bridgehead atoms. The summed E-state index contributed by atoms with van der Waals surface area (Å²) in [6.45, 7) is 1.05. The van der Waals surface area contributed by atoms with Crippen LogP contribution in [0.15, 0.2) is 43.0 Å². The molecule has 1 aliphatic carbocycles. The molecule has 0 unspecified atom stereocenters. The Balaban J connectivity index is 1.64. The fourth-order valence-electron chi connectivity index (χ4n) is 2.93. The molecule has 4 heteroatoms. The predicted octanol–water partition coefficient (Wildman–Crippen LogP) is 2.27. The van der Waals surface area contributed by atoms with Gasteiger partial charge in [0.1, 0.15) is 0 Å². The van der Waals surface area contributed by atoms with E-state index in [0.717, 1.165) is 25.1 Å². The molecular weight excluding hydrogens is 250 g/mol. The summed E-state index contributed by atoms with van der Waals surface area (Å²) >= 11 is 0. The van der Waals surface area contributed by atoms with Gasteiger partial charge in [-0.05, 0) is 30.5 Å². The summed E-state index contributed by atoms with van der Waals surface area (Å²) in [5, 5.41) is 13.1. The first kappa shape index (κ1) is 13.3. The first-order chi connectivity index (χ1) is 9.81. The number of nitrogens with zero attached hydrogens (tertiary/aromatic N) is 2. The van der Waals surface area contributed by atoms with E-state index < -0.39 is 0 Å². The van der Waals surface area contributed by atoms with Crippen LogP contribution < -0.4 is 5.32 Å². The van der Waals surface area contributed by atoms with Gasteiger partial charge in [0.15, 0.2) is 0 Å². The van der Waals surface area contributed by atoms with Crippen LogP contribution in [0.4, 0.5) is 0 Å². The molecule has 106 valence electrons. The molecule has 2 N–H and O–H groups in total. The number of nitrogens with one attached hydrogen (secondary N) is 1. The normalized spacial score (nSPS) is 17.4. The van der Waals surface area contributed by atoms with Crippen molar-refractivity contribution in [3.8, 4) is 5.69 Å². The van der Waals surface area contributed by atoms with Crippen molar-refractivity contribution in [2.75, 3.05) is 6.61 Å². The van der Waals surface area contributed by atoms with Crippen LogP contribution in [0.2, 0.25) is 0 Å². The van der Waals surface area contributed by atoms with Gasteiger partial charge in [0, 0.05) is 30.2 Å². The molecule has 1 aromatic carbocycles. The molecule has 0 amide bonds. The molecule has 1 saturated carbocycles. The van der Waals surface area contributed by atoms with Gasteiger partial charge in [0.25, 0.3) is 0 Å². The Morgan fingerprint density at radius 2 is 1.95 bits per heavy atom. The second kappa shape index (κ2) is 5.77. The largest absolute Gasteiger partial charge is 0.394 e. The van der Waals surface area contributed by atoms with E-state index in [2.05, 4.69) is 34.6 Å². The summed E-state index contributed by atoms with van der Waals surface area (Å²) in [5.74, 6) is 0. The lowest BCUT2D eigenvalue weighted by atomic mass is 9.98. The van der Waals surface area contributed by atoms with Gasteiger partial charge < -0.3 is 15.0 Å². The molecule has 0 atom stereocenters. The minimum Gasteiger partial charge on any atom is -0.394 e. The van der Waals surface area contributed by atoms with Crippen LogP contribution in [-0.2, 0) is 6.54 Å². The summed E-state index contributed by atoms with van der Waals surface area (Å²) in [7, 11) is 0. The van der Waals surface area contributed by atoms with E-state index in [0.29, 0.717) is 0 Å². The Labute approximate surface area is 119 Å². The monoisotopic (exact) mass is 271 g/mol. The van der Waals surface area contributed by atoms with E-state index in [1.54, 1.807) is 12.5 Å². The van der Waals surface area contributed by atoms with Crippen LogP contribution in [0.1, 0.15) is 31.2 Å². The molecule has 1 heterocycles. The average molecular weight is 271 g/mol. The molecule has 4 nitrogen and oxygen atoms in total. The van der Waals surface area contributed by atoms with Crippen LogP contribution >= 0.6 is 0 Å². The number of imidazole rings is 1. The Morgan fingerprint density at radius 1 is 1.20 bits per heavy atom. The summed E-state index contributed by atoms with van der Waals surface area (Å²) in [6.07, 6.45) is 10.1. The Bertz CT molecular complexity index is 527. The van der Waals surface area contributed by atoms with Crippen molar-refractivity contribution < 1.29 is 5.11 Å². The zero-order valence-corrected chi connectivity index (χ0v) is 11.6. The fourth-order valence-corrected chi connectivity index (χ4v) is 2.93. The third-order valence-electron chi connectivity index (χ3n) is 4.27. The van der Waals surface area contributed by atoms with Gasteiger partial charge in [-0.25, -0.2) is 4.98 Å². The van der Waals surface area contributed by atoms with Gasteiger partial charge in [-0.15, -0.1) is 0 Å². The minimum absolute atomic E-state index is 0.0526. The van der Waals surface area contributed by atoms with Crippen molar-refractivity contribution in [1.82, 2.24) is 14.9 Å². The Kier molecular flexibility index (Phi) is 3.85. The SMILES string of the molecule is OCC1(NCc2ccc(-n3ccnc3)cc2)CCCC1. The maximum absolute atomic E-state index is 9.59. The third kappa shape index (κ3) is 2.76. The Hall–Kier alpha value is -1.65. The van der Waals surface area contributed by atoms with Gasteiger partial charge >= 0.3 is 0 Å². The number of hydrogen-bond acceptors (Lipinski definition) is 3. The fraction of sp³-hybridized carbons (Fsp3) is 0.438. The zero-order chi connectivity index (χ0) is 13.8. The average Bonchev–Trinajstić information content (AvgIpc) is 3.18. The van der Waals surface area contributed by atoms with Gasteiger partial charge in [-0.1, -0.05) is 25.0 Å². The molecule has 0 spiro atoms. The molecule has 1 fully saturated rings. The maximum atomic E-state index is 9.59.